The van der Waals surface area contributed by atoms with E-state index in [0.29, 0.717) is 10.1 Å². The predicted octanol–water partition coefficient (Wildman–Crippen LogP) is 3.71. The number of thiophene rings is 1. The summed E-state index contributed by atoms with van der Waals surface area (Å²) >= 11 is 4.59. The maximum absolute atomic E-state index is 12.5. The van der Waals surface area contributed by atoms with Crippen molar-refractivity contribution < 1.29 is 8.42 Å². The molecule has 3 nitrogen and oxygen atoms in total. The van der Waals surface area contributed by atoms with Gasteiger partial charge in [-0.15, -0.1) is 11.3 Å². The second-order valence-corrected chi connectivity index (χ2v) is 9.60. The van der Waals surface area contributed by atoms with Gasteiger partial charge in [-0.3, -0.25) is 0 Å². The Balaban J connectivity index is 2.24. The fourth-order valence-electron chi connectivity index (χ4n) is 2.59. The molecule has 1 saturated carbocycles. The van der Waals surface area contributed by atoms with Crippen LogP contribution < -0.4 is 0 Å². The van der Waals surface area contributed by atoms with E-state index in [-0.39, 0.29) is 6.04 Å². The van der Waals surface area contributed by atoms with Crippen LogP contribution in [0.25, 0.3) is 0 Å². The van der Waals surface area contributed by atoms with Gasteiger partial charge in [0.2, 0.25) is 0 Å². The molecule has 0 bridgehead atoms. The number of hydrogen-bond acceptors (Lipinski definition) is 3. The summed E-state index contributed by atoms with van der Waals surface area (Å²) in [5.74, 6) is 0.446. The van der Waals surface area contributed by atoms with Crippen molar-refractivity contribution in [3.05, 3.63) is 15.9 Å². The van der Waals surface area contributed by atoms with E-state index in [1.54, 1.807) is 23.5 Å². The third-order valence-electron chi connectivity index (χ3n) is 3.72. The van der Waals surface area contributed by atoms with Crippen LogP contribution in [0.4, 0.5) is 0 Å². The second-order valence-electron chi connectivity index (χ2n) is 4.91. The van der Waals surface area contributed by atoms with E-state index in [1.165, 1.54) is 17.8 Å². The summed E-state index contributed by atoms with van der Waals surface area (Å²) in [6, 6.07) is 3.61. The molecule has 1 fully saturated rings. The summed E-state index contributed by atoms with van der Waals surface area (Å²) in [6.45, 7) is 2.15. The predicted molar refractivity (Wildman–Crippen MR) is 78.4 cm³/mol. The smallest absolute Gasteiger partial charge is 0.206 e. The molecule has 2 atom stereocenters. The zero-order valence-corrected chi connectivity index (χ0v) is 13.8. The molecule has 1 aliphatic rings. The van der Waals surface area contributed by atoms with Gasteiger partial charge in [-0.2, -0.15) is 4.31 Å². The van der Waals surface area contributed by atoms with Gasteiger partial charge in [-0.1, -0.05) is 19.8 Å². The van der Waals surface area contributed by atoms with Gasteiger partial charge >= 0.3 is 0 Å². The molecule has 2 unspecified atom stereocenters. The zero-order chi connectivity index (χ0) is 13.3. The van der Waals surface area contributed by atoms with Crippen molar-refractivity contribution in [1.29, 1.82) is 0 Å². The average molecular weight is 352 g/mol. The molecule has 0 N–H and O–H groups in total. The van der Waals surface area contributed by atoms with Crippen LogP contribution in [-0.4, -0.2) is 25.8 Å². The first-order valence-corrected chi connectivity index (χ1v) is 9.21. The molecule has 0 saturated heterocycles. The lowest BCUT2D eigenvalue weighted by atomic mass is 9.86. The molecule has 0 aliphatic heterocycles. The first-order chi connectivity index (χ1) is 8.43. The van der Waals surface area contributed by atoms with Crippen LogP contribution in [0, 0.1) is 5.92 Å². The van der Waals surface area contributed by atoms with Crippen molar-refractivity contribution in [3.8, 4) is 0 Å². The molecule has 1 aromatic heterocycles. The van der Waals surface area contributed by atoms with Crippen molar-refractivity contribution in [2.45, 2.75) is 42.9 Å². The standard InChI is InChI=1S/C12H18BrNO2S2/c1-9-5-3-4-6-10(9)14(2)18(15,16)12-8-7-11(13)17-12/h7-10H,3-6H2,1-2H3. The first-order valence-electron chi connectivity index (χ1n) is 6.16. The Morgan fingerprint density at radius 2 is 2.00 bits per heavy atom. The van der Waals surface area contributed by atoms with Gasteiger partial charge in [-0.05, 0) is 46.8 Å². The van der Waals surface area contributed by atoms with Gasteiger partial charge in [0, 0.05) is 13.1 Å². The van der Waals surface area contributed by atoms with Crippen LogP contribution in [0.2, 0.25) is 0 Å². The Morgan fingerprint density at radius 3 is 2.56 bits per heavy atom. The molecular formula is C12H18BrNO2S2. The number of sulfonamides is 1. The Morgan fingerprint density at radius 1 is 1.33 bits per heavy atom. The lowest BCUT2D eigenvalue weighted by Crippen LogP contribution is -2.42. The summed E-state index contributed by atoms with van der Waals surface area (Å²) < 4.78 is 27.9. The van der Waals surface area contributed by atoms with Gasteiger partial charge in [-0.25, -0.2) is 8.42 Å². The highest BCUT2D eigenvalue weighted by molar-refractivity contribution is 9.11. The van der Waals surface area contributed by atoms with Gasteiger partial charge in [0.15, 0.2) is 0 Å². The number of halogens is 1. The van der Waals surface area contributed by atoms with Crippen LogP contribution in [-0.2, 0) is 10.0 Å². The van der Waals surface area contributed by atoms with E-state index in [4.69, 9.17) is 0 Å². The van der Waals surface area contributed by atoms with Crippen LogP contribution in [0.3, 0.4) is 0 Å². The Hall–Kier alpha value is 0.0900. The second kappa shape index (κ2) is 5.61. The minimum atomic E-state index is -3.33. The third kappa shape index (κ3) is 2.81. The summed E-state index contributed by atoms with van der Waals surface area (Å²) in [7, 11) is -1.61. The molecule has 1 heterocycles. The van der Waals surface area contributed by atoms with Gasteiger partial charge in [0.1, 0.15) is 4.21 Å². The largest absolute Gasteiger partial charge is 0.252 e. The lowest BCUT2D eigenvalue weighted by molar-refractivity contribution is 0.213. The fourth-order valence-corrected chi connectivity index (χ4v) is 6.27. The van der Waals surface area contributed by atoms with E-state index < -0.39 is 10.0 Å². The molecule has 102 valence electrons. The third-order valence-corrected chi connectivity index (χ3v) is 7.69. The van der Waals surface area contributed by atoms with Gasteiger partial charge < -0.3 is 0 Å². The highest BCUT2D eigenvalue weighted by Crippen LogP contribution is 2.33. The summed E-state index contributed by atoms with van der Waals surface area (Å²) in [6.07, 6.45) is 4.45. The number of hydrogen-bond donors (Lipinski definition) is 0. The number of nitrogens with zero attached hydrogens (tertiary/aromatic N) is 1. The van der Waals surface area contributed by atoms with E-state index in [0.717, 1.165) is 23.0 Å². The normalized spacial score (nSPS) is 25.6. The van der Waals surface area contributed by atoms with Crippen molar-refractivity contribution in [3.63, 3.8) is 0 Å². The highest BCUT2D eigenvalue weighted by atomic mass is 79.9. The van der Waals surface area contributed by atoms with Gasteiger partial charge in [0.25, 0.3) is 10.0 Å². The minimum absolute atomic E-state index is 0.143. The van der Waals surface area contributed by atoms with E-state index in [1.807, 2.05) is 0 Å². The summed E-state index contributed by atoms with van der Waals surface area (Å²) in [5, 5.41) is 0. The van der Waals surface area contributed by atoms with Crippen molar-refractivity contribution >= 4 is 37.3 Å². The van der Waals surface area contributed by atoms with Crippen LogP contribution in [0.5, 0.6) is 0 Å². The molecule has 0 spiro atoms. The lowest BCUT2D eigenvalue weighted by Gasteiger charge is -2.35. The van der Waals surface area contributed by atoms with E-state index in [9.17, 15) is 8.42 Å². The zero-order valence-electron chi connectivity index (χ0n) is 10.6. The Kier molecular flexibility index (Phi) is 4.52. The highest BCUT2D eigenvalue weighted by Gasteiger charge is 2.33. The molecule has 0 radical (unpaired) electrons. The molecule has 0 amide bonds. The van der Waals surface area contributed by atoms with Crippen molar-refractivity contribution in [2.75, 3.05) is 7.05 Å². The molecule has 6 heteroatoms. The van der Waals surface area contributed by atoms with Crippen LogP contribution in [0.1, 0.15) is 32.6 Å². The molecule has 1 aromatic rings. The monoisotopic (exact) mass is 351 g/mol. The van der Waals surface area contributed by atoms with E-state index in [2.05, 4.69) is 22.9 Å². The fraction of sp³-hybridized carbons (Fsp3) is 0.667. The molecule has 1 aliphatic carbocycles. The quantitative estimate of drug-likeness (QED) is 0.832. The Bertz CT molecular complexity index is 512. The maximum atomic E-state index is 12.5. The van der Waals surface area contributed by atoms with E-state index >= 15 is 0 Å². The molecule has 2 rings (SSSR count). The SMILES string of the molecule is CC1CCCCC1N(C)S(=O)(=O)c1ccc(Br)s1. The number of rotatable bonds is 3. The first kappa shape index (κ1) is 14.5. The topological polar surface area (TPSA) is 37.4 Å². The van der Waals surface area contributed by atoms with Crippen molar-refractivity contribution in [1.82, 2.24) is 4.31 Å². The van der Waals surface area contributed by atoms with Crippen molar-refractivity contribution in [2.24, 2.45) is 5.92 Å². The Labute approximate surface area is 121 Å². The van der Waals surface area contributed by atoms with Crippen LogP contribution >= 0.6 is 27.3 Å². The molecule has 0 aromatic carbocycles. The van der Waals surface area contributed by atoms with Crippen LogP contribution in [0.15, 0.2) is 20.1 Å². The minimum Gasteiger partial charge on any atom is -0.206 e. The van der Waals surface area contributed by atoms with Gasteiger partial charge in [0.05, 0.1) is 3.79 Å². The average Bonchev–Trinajstić information content (AvgIpc) is 2.76. The molecule has 18 heavy (non-hydrogen) atoms. The molecular weight excluding hydrogens is 334 g/mol. The summed E-state index contributed by atoms with van der Waals surface area (Å²) in [5.41, 5.74) is 0. The summed E-state index contributed by atoms with van der Waals surface area (Å²) in [4.78, 5) is 0. The maximum Gasteiger partial charge on any atom is 0.252 e.